The summed E-state index contributed by atoms with van der Waals surface area (Å²) in [5, 5.41) is 48.1. The minimum absolute atomic E-state index is 0.833. The maximum absolute atomic E-state index is 9.92. The average molecular weight is 456 g/mol. The lowest BCUT2D eigenvalue weighted by Crippen LogP contribution is -1.82. The predicted molar refractivity (Wildman–Crippen MR) is 72.6 cm³/mol. The van der Waals surface area contributed by atoms with Crippen LogP contribution in [0.1, 0.15) is 0 Å². The number of carboxylic acids is 1. The maximum Gasteiger partial charge on any atom is 0.492 e. The van der Waals surface area contributed by atoms with Crippen molar-refractivity contribution in [2.45, 2.75) is 0 Å². The molecule has 0 rings (SSSR count). The summed E-state index contributed by atoms with van der Waals surface area (Å²) in [5.74, 6) is -0.981. The van der Waals surface area contributed by atoms with Gasteiger partial charge in [-0.2, -0.15) is 0 Å². The molecule has 0 aromatic carbocycles. The largest absolute Gasteiger partial charge is 0.492 e. The topological polar surface area (TPSA) is 261 Å². The molecule has 0 heterocycles. The summed E-state index contributed by atoms with van der Waals surface area (Å²) in [5.41, 5.74) is 0. The van der Waals surface area contributed by atoms with Gasteiger partial charge in [-0.1, -0.05) is 6.58 Å². The molecule has 0 bridgehead atoms. The Morgan fingerprint density at radius 3 is 0.483 bits per heavy atom. The van der Waals surface area contributed by atoms with Crippen molar-refractivity contribution >= 4 is 43.3 Å². The molecule has 20 heteroatoms. The van der Waals surface area contributed by atoms with Gasteiger partial charge in [0.15, 0.2) is 0 Å². The van der Waals surface area contributed by atoms with Crippen molar-refractivity contribution < 1.29 is 95.6 Å². The van der Waals surface area contributed by atoms with Crippen LogP contribution in [0.2, 0.25) is 0 Å². The molecule has 0 spiro atoms. The summed E-state index contributed by atoms with van der Waals surface area (Å²) >= 11 is 0. The van der Waals surface area contributed by atoms with E-state index in [4.69, 9.17) is 64.5 Å². The second-order valence-electron chi connectivity index (χ2n) is 2.06. The average Bonchev–Trinajstić information content (AvgIpc) is 2.34. The predicted octanol–water partition coefficient (Wildman–Crippen LogP) is 4.06. The van der Waals surface area contributed by atoms with Crippen molar-refractivity contribution in [3.63, 3.8) is 0 Å². The molecule has 0 atom stereocenters. The molecule has 29 heavy (non-hydrogen) atoms. The quantitative estimate of drug-likeness (QED) is 0.167. The van der Waals surface area contributed by atoms with Gasteiger partial charge in [-0.15, -0.1) is 26.3 Å². The van der Waals surface area contributed by atoms with E-state index in [0.717, 1.165) is 6.08 Å². The summed E-state index contributed by atoms with van der Waals surface area (Å²) in [6.45, 7) is 2.96. The molecule has 0 fully saturated rings. The highest BCUT2D eigenvalue weighted by Crippen LogP contribution is 1.60. The van der Waals surface area contributed by atoms with Crippen LogP contribution in [0.3, 0.4) is 0 Å². The third-order valence-electron chi connectivity index (χ3n) is 0.175. The zero-order valence-electron chi connectivity index (χ0n) is 13.0. The van der Waals surface area contributed by atoms with Crippen LogP contribution >= 0.6 is 0 Å². The Bertz CT molecular complexity index is 391. The number of halogens is 6. The number of carboxylic acid groups (broad SMARTS) is 7. The van der Waals surface area contributed by atoms with E-state index in [9.17, 15) is 31.1 Å². The standard InChI is InChI=1S/C3H4O2.6CHFO2/c1-2-3(4)5;6*2-1(3)4/h2H,1H2,(H,4,5);6*(H,3,4). The van der Waals surface area contributed by atoms with Gasteiger partial charge < -0.3 is 35.7 Å². The second-order valence-corrected chi connectivity index (χ2v) is 2.06. The van der Waals surface area contributed by atoms with Crippen LogP contribution in [-0.2, 0) is 4.79 Å². The first-order valence-electron chi connectivity index (χ1n) is 4.82. The third kappa shape index (κ3) is 1930. The summed E-state index contributed by atoms with van der Waals surface area (Å²) in [4.78, 5) is 59.3. The molecule has 0 saturated carbocycles. The van der Waals surface area contributed by atoms with Gasteiger partial charge in [0, 0.05) is 6.08 Å². The first kappa shape index (κ1) is 44.2. The molecular weight excluding hydrogens is 446 g/mol. The van der Waals surface area contributed by atoms with Crippen LogP contribution in [0.15, 0.2) is 12.7 Å². The Morgan fingerprint density at radius 1 is 0.448 bits per heavy atom. The van der Waals surface area contributed by atoms with Crippen LogP contribution < -0.4 is 0 Å². The fourth-order valence-electron chi connectivity index (χ4n) is 0. The van der Waals surface area contributed by atoms with Crippen molar-refractivity contribution in [2.24, 2.45) is 0 Å². The highest BCUT2D eigenvalue weighted by molar-refractivity contribution is 5.78. The van der Waals surface area contributed by atoms with Crippen LogP contribution in [0.5, 0.6) is 0 Å². The zero-order valence-corrected chi connectivity index (χ0v) is 13.0. The molecule has 172 valence electrons. The molecule has 0 aliphatic rings. The summed E-state index contributed by atoms with van der Waals surface area (Å²) in [6, 6.07) is 0. The molecule has 0 aromatic heterocycles. The van der Waals surface area contributed by atoms with Crippen molar-refractivity contribution in [1.82, 2.24) is 0 Å². The summed E-state index contributed by atoms with van der Waals surface area (Å²) in [7, 11) is 0. The van der Waals surface area contributed by atoms with Crippen molar-refractivity contribution in [2.75, 3.05) is 0 Å². The van der Waals surface area contributed by atoms with Crippen molar-refractivity contribution in [3.05, 3.63) is 12.7 Å². The Morgan fingerprint density at radius 2 is 0.483 bits per heavy atom. The molecule has 14 nitrogen and oxygen atoms in total. The number of hydrogen-bond acceptors (Lipinski definition) is 7. The fourth-order valence-corrected chi connectivity index (χ4v) is 0. The summed E-state index contributed by atoms with van der Waals surface area (Å²) in [6.07, 6.45) is -13.2. The Labute approximate surface area is 153 Å². The molecule has 0 amide bonds. The van der Waals surface area contributed by atoms with Gasteiger partial charge in [0.1, 0.15) is 0 Å². The van der Waals surface area contributed by atoms with E-state index in [-0.39, 0.29) is 0 Å². The van der Waals surface area contributed by atoms with E-state index in [1.54, 1.807) is 0 Å². The van der Waals surface area contributed by atoms with Crippen LogP contribution in [0.25, 0.3) is 0 Å². The Kier molecular flexibility index (Phi) is 59.4. The maximum atomic E-state index is 9.92. The van der Waals surface area contributed by atoms with Crippen molar-refractivity contribution in [3.8, 4) is 0 Å². The molecular formula is C9H10F6O14. The first-order valence-corrected chi connectivity index (χ1v) is 4.82. The number of rotatable bonds is 1. The summed E-state index contributed by atoms with van der Waals surface area (Å²) < 4.78 is 59.5. The first-order chi connectivity index (χ1) is 12.7. The van der Waals surface area contributed by atoms with E-state index in [1.807, 2.05) is 0 Å². The van der Waals surface area contributed by atoms with Gasteiger partial charge in [-0.05, 0) is 0 Å². The van der Waals surface area contributed by atoms with E-state index in [1.165, 1.54) is 0 Å². The smallest absolute Gasteiger partial charge is 0.478 e. The van der Waals surface area contributed by atoms with Gasteiger partial charge in [-0.25, -0.2) is 33.6 Å². The zero-order chi connectivity index (χ0) is 25.7. The normalized spacial score (nSPS) is 6.28. The third-order valence-corrected chi connectivity index (χ3v) is 0.175. The fraction of sp³-hybridized carbons (Fsp3) is 0. The lowest BCUT2D eigenvalue weighted by Gasteiger charge is -1.64. The van der Waals surface area contributed by atoms with Crippen LogP contribution in [0, 0.1) is 0 Å². The number of carbonyl (C=O) groups is 7. The minimum atomic E-state index is -2.33. The van der Waals surface area contributed by atoms with Crippen LogP contribution in [0.4, 0.5) is 55.1 Å². The molecule has 0 aliphatic heterocycles. The molecule has 0 aliphatic carbocycles. The molecule has 0 aromatic rings. The van der Waals surface area contributed by atoms with Crippen LogP contribution in [-0.4, -0.2) is 79.1 Å². The van der Waals surface area contributed by atoms with Crippen molar-refractivity contribution in [1.29, 1.82) is 0 Å². The van der Waals surface area contributed by atoms with E-state index in [2.05, 4.69) is 6.58 Å². The van der Waals surface area contributed by atoms with E-state index >= 15 is 0 Å². The highest BCUT2D eigenvalue weighted by atomic mass is 19.2. The molecule has 0 radical (unpaired) electrons. The number of aliphatic carboxylic acids is 1. The van der Waals surface area contributed by atoms with Gasteiger partial charge in [0.25, 0.3) is 0 Å². The monoisotopic (exact) mass is 456 g/mol. The number of hydrogen-bond donors (Lipinski definition) is 7. The van der Waals surface area contributed by atoms with Gasteiger partial charge >= 0.3 is 43.3 Å². The Hall–Kier alpha value is -4.39. The SMILES string of the molecule is C=CC(=O)O.O=C(O)F.O=C(O)F.O=C(O)F.O=C(O)F.O=C(O)F.O=C(O)F. The lowest BCUT2D eigenvalue weighted by atomic mass is 10.7. The molecule has 7 N–H and O–H groups in total. The van der Waals surface area contributed by atoms with Gasteiger partial charge in [0.2, 0.25) is 0 Å². The van der Waals surface area contributed by atoms with Gasteiger partial charge in [-0.3, -0.25) is 0 Å². The van der Waals surface area contributed by atoms with E-state index in [0.29, 0.717) is 0 Å². The minimum Gasteiger partial charge on any atom is -0.478 e. The van der Waals surface area contributed by atoms with E-state index < -0.39 is 43.3 Å². The second kappa shape index (κ2) is 38.9. The lowest BCUT2D eigenvalue weighted by molar-refractivity contribution is -0.131. The highest BCUT2D eigenvalue weighted by Gasteiger charge is 1.76. The molecule has 0 saturated heterocycles. The van der Waals surface area contributed by atoms with Gasteiger partial charge in [0.05, 0.1) is 0 Å². The molecule has 0 unspecified atom stereocenters. The Balaban J connectivity index is -0.0000000390.